The topological polar surface area (TPSA) is 76.4 Å². The van der Waals surface area contributed by atoms with Gasteiger partial charge < -0.3 is 15.1 Å². The van der Waals surface area contributed by atoms with Gasteiger partial charge in [-0.05, 0) is 26.2 Å². The quantitative estimate of drug-likeness (QED) is 0.768. The first-order valence-electron chi connectivity index (χ1n) is 7.13. The summed E-state index contributed by atoms with van der Waals surface area (Å²) in [7, 11) is 3.47. The minimum absolute atomic E-state index is 0.0120. The second-order valence-corrected chi connectivity index (χ2v) is 5.90. The normalized spacial score (nSPS) is 33.0. The van der Waals surface area contributed by atoms with Crippen molar-refractivity contribution in [2.75, 3.05) is 20.6 Å². The molecule has 2 aliphatic rings. The van der Waals surface area contributed by atoms with Crippen molar-refractivity contribution in [1.82, 2.24) is 15.1 Å². The summed E-state index contributed by atoms with van der Waals surface area (Å²) in [6.45, 7) is 2.58. The lowest BCUT2D eigenvalue weighted by molar-refractivity contribution is -0.133. The monoisotopic (exact) mass is 278 g/mol. The number of nitrogens with zero attached hydrogens (tertiary/aromatic N) is 3. The number of hydrogen-bond donors (Lipinski definition) is 1. The lowest BCUT2D eigenvalue weighted by Gasteiger charge is -2.23. The third kappa shape index (κ3) is 2.63. The van der Waals surface area contributed by atoms with Crippen LogP contribution in [-0.2, 0) is 9.59 Å². The fraction of sp³-hybridized carbons (Fsp3) is 0.786. The number of likely N-dealkylation sites (tertiary alicyclic amines) is 1. The molecule has 2 rings (SSSR count). The van der Waals surface area contributed by atoms with Crippen molar-refractivity contribution in [1.29, 1.82) is 5.26 Å². The molecule has 4 atom stereocenters. The summed E-state index contributed by atoms with van der Waals surface area (Å²) in [5, 5.41) is 12.3. The molecular formula is C14H22N4O2. The molecule has 6 nitrogen and oxygen atoms in total. The molecule has 0 aromatic heterocycles. The van der Waals surface area contributed by atoms with Gasteiger partial charge in [-0.25, -0.2) is 0 Å². The van der Waals surface area contributed by atoms with E-state index in [4.69, 9.17) is 5.26 Å². The predicted molar refractivity (Wildman–Crippen MR) is 73.5 cm³/mol. The van der Waals surface area contributed by atoms with Crippen LogP contribution in [0.1, 0.15) is 26.2 Å². The summed E-state index contributed by atoms with van der Waals surface area (Å²) >= 11 is 0. The Morgan fingerprint density at radius 3 is 2.70 bits per heavy atom. The summed E-state index contributed by atoms with van der Waals surface area (Å²) in [4.78, 5) is 27.8. The first kappa shape index (κ1) is 14.8. The van der Waals surface area contributed by atoms with Crippen LogP contribution in [0.25, 0.3) is 0 Å². The highest BCUT2D eigenvalue weighted by atomic mass is 16.2. The van der Waals surface area contributed by atoms with Gasteiger partial charge in [0.25, 0.3) is 0 Å². The van der Waals surface area contributed by atoms with Gasteiger partial charge in [-0.3, -0.25) is 9.59 Å². The van der Waals surface area contributed by atoms with Crippen molar-refractivity contribution < 1.29 is 9.59 Å². The van der Waals surface area contributed by atoms with E-state index in [1.807, 2.05) is 6.92 Å². The molecule has 0 aliphatic carbocycles. The lowest BCUT2D eigenvalue weighted by atomic mass is 9.98. The molecule has 2 saturated heterocycles. The van der Waals surface area contributed by atoms with Crippen LogP contribution in [0.4, 0.5) is 0 Å². The van der Waals surface area contributed by atoms with Crippen LogP contribution in [0.15, 0.2) is 0 Å². The first-order chi connectivity index (χ1) is 9.45. The van der Waals surface area contributed by atoms with Crippen LogP contribution in [0.5, 0.6) is 0 Å². The number of carbonyl (C=O) groups is 2. The number of hydrogen-bond acceptors (Lipinski definition) is 4. The van der Waals surface area contributed by atoms with Crippen molar-refractivity contribution in [2.24, 2.45) is 5.92 Å². The molecule has 2 amide bonds. The maximum atomic E-state index is 12.5. The molecule has 1 N–H and O–H groups in total. The highest BCUT2D eigenvalue weighted by Gasteiger charge is 2.42. The summed E-state index contributed by atoms with van der Waals surface area (Å²) < 4.78 is 0. The number of nitrogens with one attached hydrogen (secondary N) is 1. The summed E-state index contributed by atoms with van der Waals surface area (Å²) in [6, 6.07) is 1.53. The summed E-state index contributed by atoms with van der Waals surface area (Å²) in [6.07, 6.45) is 2.16. The van der Waals surface area contributed by atoms with Gasteiger partial charge >= 0.3 is 0 Å². The van der Waals surface area contributed by atoms with E-state index in [2.05, 4.69) is 11.4 Å². The second-order valence-electron chi connectivity index (χ2n) is 5.90. The molecule has 2 aliphatic heterocycles. The predicted octanol–water partition coefficient (Wildman–Crippen LogP) is -0.0442. The van der Waals surface area contributed by atoms with Crippen molar-refractivity contribution in [3.8, 4) is 6.07 Å². The van der Waals surface area contributed by atoms with E-state index in [0.29, 0.717) is 13.0 Å². The first-order valence-corrected chi connectivity index (χ1v) is 7.13. The molecule has 110 valence electrons. The van der Waals surface area contributed by atoms with Crippen LogP contribution in [-0.4, -0.2) is 60.4 Å². The molecule has 0 bridgehead atoms. The Hall–Kier alpha value is -1.61. The minimum atomic E-state index is -0.340. The molecule has 2 fully saturated rings. The Morgan fingerprint density at radius 1 is 1.40 bits per heavy atom. The zero-order chi connectivity index (χ0) is 14.9. The lowest BCUT2D eigenvalue weighted by Crippen LogP contribution is -2.46. The van der Waals surface area contributed by atoms with Crippen LogP contribution < -0.4 is 5.32 Å². The van der Waals surface area contributed by atoms with E-state index in [9.17, 15) is 9.59 Å². The van der Waals surface area contributed by atoms with Crippen LogP contribution in [0, 0.1) is 17.2 Å². The van der Waals surface area contributed by atoms with Crippen LogP contribution >= 0.6 is 0 Å². The number of carbonyl (C=O) groups excluding carboxylic acids is 2. The van der Waals surface area contributed by atoms with Crippen LogP contribution in [0.3, 0.4) is 0 Å². The zero-order valence-corrected chi connectivity index (χ0v) is 12.3. The van der Waals surface area contributed by atoms with E-state index in [-0.39, 0.29) is 35.9 Å². The van der Waals surface area contributed by atoms with Crippen molar-refractivity contribution in [3.05, 3.63) is 0 Å². The fourth-order valence-corrected chi connectivity index (χ4v) is 3.14. The van der Waals surface area contributed by atoms with Gasteiger partial charge in [0.15, 0.2) is 0 Å². The molecule has 20 heavy (non-hydrogen) atoms. The largest absolute Gasteiger partial charge is 0.349 e. The summed E-state index contributed by atoms with van der Waals surface area (Å²) in [5.74, 6) is -0.143. The minimum Gasteiger partial charge on any atom is -0.349 e. The number of nitriles is 1. The zero-order valence-electron chi connectivity index (χ0n) is 12.3. The molecule has 0 aromatic rings. The maximum Gasteiger partial charge on any atom is 0.240 e. The van der Waals surface area contributed by atoms with Crippen molar-refractivity contribution in [2.45, 2.75) is 44.3 Å². The molecule has 0 spiro atoms. The average Bonchev–Trinajstić information content (AvgIpc) is 3.02. The van der Waals surface area contributed by atoms with Gasteiger partial charge in [0.05, 0.1) is 18.0 Å². The van der Waals surface area contributed by atoms with Gasteiger partial charge in [-0.1, -0.05) is 0 Å². The third-order valence-electron chi connectivity index (χ3n) is 4.30. The van der Waals surface area contributed by atoms with Gasteiger partial charge in [-0.2, -0.15) is 5.26 Å². The summed E-state index contributed by atoms with van der Waals surface area (Å²) in [5.41, 5.74) is 0. The average molecular weight is 278 g/mol. The van der Waals surface area contributed by atoms with Crippen molar-refractivity contribution in [3.63, 3.8) is 0 Å². The number of amides is 2. The Balaban J connectivity index is 2.03. The van der Waals surface area contributed by atoms with Gasteiger partial charge in [0.1, 0.15) is 6.04 Å². The van der Waals surface area contributed by atoms with E-state index < -0.39 is 0 Å². The smallest absolute Gasteiger partial charge is 0.240 e. The Bertz CT molecular complexity index is 443. The highest BCUT2D eigenvalue weighted by molar-refractivity contribution is 5.86. The van der Waals surface area contributed by atoms with E-state index in [0.717, 1.165) is 12.8 Å². The molecular weight excluding hydrogens is 256 g/mol. The maximum absolute atomic E-state index is 12.5. The Kier molecular flexibility index (Phi) is 4.29. The van der Waals surface area contributed by atoms with Crippen LogP contribution in [0.2, 0.25) is 0 Å². The Morgan fingerprint density at radius 2 is 2.10 bits per heavy atom. The third-order valence-corrected chi connectivity index (χ3v) is 4.30. The molecule has 0 unspecified atom stereocenters. The highest BCUT2D eigenvalue weighted by Crippen LogP contribution is 2.26. The molecule has 2 heterocycles. The van der Waals surface area contributed by atoms with E-state index in [1.54, 1.807) is 23.9 Å². The van der Waals surface area contributed by atoms with E-state index >= 15 is 0 Å². The Labute approximate surface area is 119 Å². The van der Waals surface area contributed by atoms with Gasteiger partial charge in [0, 0.05) is 26.7 Å². The molecule has 6 heteroatoms. The van der Waals surface area contributed by atoms with Gasteiger partial charge in [-0.15, -0.1) is 0 Å². The molecule has 0 radical (unpaired) electrons. The fourth-order valence-electron chi connectivity index (χ4n) is 3.14. The van der Waals surface area contributed by atoms with Crippen molar-refractivity contribution >= 4 is 11.8 Å². The molecule has 0 aromatic carbocycles. The standard InChI is InChI=1S/C14H22N4O2/c1-9-11(13(19)17(2)3)7-12(16-9)14(20)18-6-4-5-10(18)8-15/h9-12,16H,4-7H2,1-3H3/t9-,10+,11+,12+/m1/s1. The molecule has 0 saturated carbocycles. The second kappa shape index (κ2) is 5.80. The SMILES string of the molecule is C[C@H]1N[C@H](C(=O)N2CCC[C@H]2C#N)C[C@@H]1C(=O)N(C)C. The number of rotatable bonds is 2. The van der Waals surface area contributed by atoms with Gasteiger partial charge in [0.2, 0.25) is 11.8 Å². The van der Waals surface area contributed by atoms with E-state index in [1.165, 1.54) is 0 Å².